The molecule has 1 aromatic carbocycles. The summed E-state index contributed by atoms with van der Waals surface area (Å²) in [5, 5.41) is 5.25. The van der Waals surface area contributed by atoms with Crippen LogP contribution in [0.1, 0.15) is 35.7 Å². The summed E-state index contributed by atoms with van der Waals surface area (Å²) in [4.78, 5) is 1.02. The number of nitrogens with zero attached hydrogens (tertiary/aromatic N) is 2. The Morgan fingerprint density at radius 1 is 1.40 bits per heavy atom. The minimum absolute atomic E-state index is 0.205. The second-order valence-electron chi connectivity index (χ2n) is 4.62. The highest BCUT2D eigenvalue weighted by Crippen LogP contribution is 2.31. The predicted molar refractivity (Wildman–Crippen MR) is 79.3 cm³/mol. The Hall–Kier alpha value is -1.76. The zero-order valence-corrected chi connectivity index (χ0v) is 12.0. The molecule has 2 aromatic heterocycles. The number of nitrogens with two attached hydrogens (primary N) is 1. The summed E-state index contributed by atoms with van der Waals surface area (Å²) in [6.45, 7) is 2.12. The number of fused-ring (bicyclic) bond motifs is 1. The van der Waals surface area contributed by atoms with E-state index in [2.05, 4.69) is 21.9 Å². The largest absolute Gasteiger partial charge is 0.459 e. The molecule has 3 aromatic rings. The number of para-hydroxylation sites is 1. The molecule has 20 heavy (non-hydrogen) atoms. The van der Waals surface area contributed by atoms with Crippen LogP contribution < -0.4 is 11.3 Å². The third-order valence-corrected chi connectivity index (χ3v) is 4.06. The highest BCUT2D eigenvalue weighted by molar-refractivity contribution is 7.05. The van der Waals surface area contributed by atoms with Gasteiger partial charge in [-0.2, -0.15) is 0 Å². The van der Waals surface area contributed by atoms with Gasteiger partial charge in [-0.25, -0.2) is 5.43 Å². The minimum Gasteiger partial charge on any atom is -0.459 e. The van der Waals surface area contributed by atoms with Crippen LogP contribution in [0.3, 0.4) is 0 Å². The van der Waals surface area contributed by atoms with Crippen molar-refractivity contribution >= 4 is 22.5 Å². The van der Waals surface area contributed by atoms with Gasteiger partial charge < -0.3 is 4.42 Å². The van der Waals surface area contributed by atoms with E-state index < -0.39 is 0 Å². The molecule has 0 saturated carbocycles. The maximum atomic E-state index is 5.89. The average Bonchev–Trinajstić information content (AvgIpc) is 3.07. The van der Waals surface area contributed by atoms with Crippen molar-refractivity contribution in [3.05, 3.63) is 46.7 Å². The smallest absolute Gasteiger partial charge is 0.134 e. The molecule has 0 fully saturated rings. The van der Waals surface area contributed by atoms with Gasteiger partial charge >= 0.3 is 0 Å². The third-order valence-electron chi connectivity index (χ3n) is 3.23. The molecule has 2 heterocycles. The molecule has 0 aliphatic rings. The van der Waals surface area contributed by atoms with Crippen LogP contribution >= 0.6 is 11.5 Å². The summed E-state index contributed by atoms with van der Waals surface area (Å²) in [5.74, 6) is 6.51. The summed E-state index contributed by atoms with van der Waals surface area (Å²) in [6, 6.07) is 9.72. The Bertz CT molecular complexity index is 673. The van der Waals surface area contributed by atoms with E-state index in [0.29, 0.717) is 0 Å². The summed E-state index contributed by atoms with van der Waals surface area (Å²) in [6.07, 6.45) is 1.92. The standard InChI is InChI=1S/C14H16N4OS/c1-2-5-10-14(20-18-17-10)13(16-15)12-8-9-6-3-4-7-11(9)19-12/h3-4,6-8,13,16H,2,5,15H2,1H3. The van der Waals surface area contributed by atoms with Gasteiger partial charge in [-0.3, -0.25) is 5.84 Å². The van der Waals surface area contributed by atoms with E-state index in [1.54, 1.807) is 0 Å². The molecule has 0 saturated heterocycles. The summed E-state index contributed by atoms with van der Waals surface area (Å²) in [7, 11) is 0. The number of furan rings is 1. The Morgan fingerprint density at radius 3 is 3.00 bits per heavy atom. The van der Waals surface area contributed by atoms with E-state index in [1.165, 1.54) is 11.5 Å². The van der Waals surface area contributed by atoms with Crippen molar-refractivity contribution in [3.8, 4) is 0 Å². The number of nitrogens with one attached hydrogen (secondary N) is 1. The Labute approximate surface area is 120 Å². The first-order chi connectivity index (χ1) is 9.83. The average molecular weight is 288 g/mol. The van der Waals surface area contributed by atoms with Gasteiger partial charge in [-0.05, 0) is 30.1 Å². The van der Waals surface area contributed by atoms with Crippen LogP contribution in [-0.2, 0) is 6.42 Å². The lowest BCUT2D eigenvalue weighted by Crippen LogP contribution is -2.28. The lowest BCUT2D eigenvalue weighted by atomic mass is 10.1. The zero-order chi connectivity index (χ0) is 13.9. The first kappa shape index (κ1) is 13.2. The first-order valence-electron chi connectivity index (χ1n) is 6.59. The molecular formula is C14H16N4OS. The van der Waals surface area contributed by atoms with Crippen molar-refractivity contribution < 1.29 is 4.42 Å². The summed E-state index contributed by atoms with van der Waals surface area (Å²) >= 11 is 1.36. The fourth-order valence-corrected chi connectivity index (χ4v) is 3.04. The maximum Gasteiger partial charge on any atom is 0.134 e. The molecule has 1 atom stereocenters. The van der Waals surface area contributed by atoms with Gasteiger partial charge in [-0.15, -0.1) is 5.10 Å². The lowest BCUT2D eigenvalue weighted by molar-refractivity contribution is 0.479. The second-order valence-corrected chi connectivity index (χ2v) is 5.41. The monoisotopic (exact) mass is 288 g/mol. The number of hydrogen-bond donors (Lipinski definition) is 2. The van der Waals surface area contributed by atoms with Gasteiger partial charge in [0, 0.05) is 5.39 Å². The van der Waals surface area contributed by atoms with Crippen LogP contribution in [0.4, 0.5) is 0 Å². The van der Waals surface area contributed by atoms with Crippen LogP contribution in [0.15, 0.2) is 34.7 Å². The molecular weight excluding hydrogens is 272 g/mol. The Morgan fingerprint density at radius 2 is 2.25 bits per heavy atom. The van der Waals surface area contributed by atoms with E-state index >= 15 is 0 Å². The molecule has 0 aliphatic heterocycles. The van der Waals surface area contributed by atoms with E-state index in [9.17, 15) is 0 Å². The predicted octanol–water partition coefficient (Wildman–Crippen LogP) is 2.79. The van der Waals surface area contributed by atoms with E-state index in [4.69, 9.17) is 10.3 Å². The molecule has 6 heteroatoms. The van der Waals surface area contributed by atoms with Crippen molar-refractivity contribution in [2.45, 2.75) is 25.8 Å². The maximum absolute atomic E-state index is 5.89. The van der Waals surface area contributed by atoms with E-state index in [-0.39, 0.29) is 6.04 Å². The molecule has 0 amide bonds. The Balaban J connectivity index is 2.02. The number of aryl methyl sites for hydroxylation is 1. The first-order valence-corrected chi connectivity index (χ1v) is 7.36. The molecule has 3 rings (SSSR count). The molecule has 1 unspecified atom stereocenters. The number of hydrogen-bond acceptors (Lipinski definition) is 6. The van der Waals surface area contributed by atoms with Crippen LogP contribution in [0.5, 0.6) is 0 Å². The number of hydrazine groups is 1. The van der Waals surface area contributed by atoms with Crippen LogP contribution in [0.25, 0.3) is 11.0 Å². The summed E-state index contributed by atoms with van der Waals surface area (Å²) in [5.41, 5.74) is 4.66. The normalized spacial score (nSPS) is 12.9. The van der Waals surface area contributed by atoms with Crippen molar-refractivity contribution in [1.29, 1.82) is 0 Å². The fraction of sp³-hybridized carbons (Fsp3) is 0.286. The molecule has 3 N–H and O–H groups in total. The van der Waals surface area contributed by atoms with Crippen molar-refractivity contribution in [1.82, 2.24) is 15.0 Å². The molecule has 104 valence electrons. The fourth-order valence-electron chi connectivity index (χ4n) is 2.28. The summed E-state index contributed by atoms with van der Waals surface area (Å²) < 4.78 is 9.93. The van der Waals surface area contributed by atoms with Crippen LogP contribution in [0.2, 0.25) is 0 Å². The van der Waals surface area contributed by atoms with Gasteiger partial charge in [-0.1, -0.05) is 36.0 Å². The van der Waals surface area contributed by atoms with Crippen LogP contribution in [-0.4, -0.2) is 9.59 Å². The van der Waals surface area contributed by atoms with Crippen molar-refractivity contribution in [2.24, 2.45) is 5.84 Å². The van der Waals surface area contributed by atoms with Crippen molar-refractivity contribution in [3.63, 3.8) is 0 Å². The van der Waals surface area contributed by atoms with Gasteiger partial charge in [0.1, 0.15) is 17.4 Å². The zero-order valence-electron chi connectivity index (χ0n) is 11.2. The third kappa shape index (κ3) is 2.33. The van der Waals surface area contributed by atoms with Gasteiger partial charge in [0.15, 0.2) is 0 Å². The highest BCUT2D eigenvalue weighted by Gasteiger charge is 2.23. The van der Waals surface area contributed by atoms with Crippen molar-refractivity contribution in [2.75, 3.05) is 0 Å². The molecule has 0 spiro atoms. The number of rotatable bonds is 5. The Kier molecular flexibility index (Phi) is 3.77. The second kappa shape index (κ2) is 5.70. The van der Waals surface area contributed by atoms with Gasteiger partial charge in [0.05, 0.1) is 10.6 Å². The van der Waals surface area contributed by atoms with Crippen LogP contribution in [0, 0.1) is 0 Å². The van der Waals surface area contributed by atoms with E-state index in [1.807, 2.05) is 30.3 Å². The van der Waals surface area contributed by atoms with Gasteiger partial charge in [0.2, 0.25) is 0 Å². The number of benzene rings is 1. The molecule has 0 aliphatic carbocycles. The SMILES string of the molecule is CCCc1nnsc1C(NN)c1cc2ccccc2o1. The molecule has 0 bridgehead atoms. The molecule has 0 radical (unpaired) electrons. The minimum atomic E-state index is -0.205. The quantitative estimate of drug-likeness (QED) is 0.557. The topological polar surface area (TPSA) is 77.0 Å². The van der Waals surface area contributed by atoms with E-state index in [0.717, 1.165) is 40.1 Å². The lowest BCUT2D eigenvalue weighted by Gasteiger charge is -2.11. The number of aromatic nitrogens is 2. The van der Waals surface area contributed by atoms with Gasteiger partial charge in [0.25, 0.3) is 0 Å². The highest BCUT2D eigenvalue weighted by atomic mass is 32.1. The molecule has 5 nitrogen and oxygen atoms in total.